The molecule has 0 rings (SSSR count). The van der Waals surface area contributed by atoms with Crippen LogP contribution >= 0.6 is 0 Å². The summed E-state index contributed by atoms with van der Waals surface area (Å²) in [6.07, 6.45) is 5.40. The minimum Gasteiger partial charge on any atom is -0.478 e. The number of hydrogen-bond acceptors (Lipinski definition) is 3. The van der Waals surface area contributed by atoms with Gasteiger partial charge < -0.3 is 14.7 Å². The van der Waals surface area contributed by atoms with E-state index in [1.54, 1.807) is 0 Å². The summed E-state index contributed by atoms with van der Waals surface area (Å²) in [5.74, 6) is -1.08. The number of carboxylic acid groups (broad SMARTS) is 1. The second-order valence-corrected chi connectivity index (χ2v) is 2.22. The highest BCUT2D eigenvalue weighted by molar-refractivity contribution is 5.80. The normalized spacial score (nSPS) is 11.5. The van der Waals surface area contributed by atoms with Crippen LogP contribution in [0.4, 0.5) is 0 Å². The highest BCUT2D eigenvalue weighted by Crippen LogP contribution is 2.02. The zero-order valence-corrected chi connectivity index (χ0v) is 6.97. The third kappa shape index (κ3) is 6.68. The summed E-state index contributed by atoms with van der Waals surface area (Å²) in [6.45, 7) is 0. The second-order valence-electron chi connectivity index (χ2n) is 2.22. The summed E-state index contributed by atoms with van der Waals surface area (Å²) in [6, 6.07) is 0. The van der Waals surface area contributed by atoms with Gasteiger partial charge in [0.25, 0.3) is 0 Å². The lowest BCUT2D eigenvalue weighted by atomic mass is 10.1. The molecule has 0 unspecified atom stereocenters. The van der Waals surface area contributed by atoms with Gasteiger partial charge in [0.1, 0.15) is 12.6 Å². The molecule has 70 valence electrons. The summed E-state index contributed by atoms with van der Waals surface area (Å²) in [5.41, 5.74) is 0.532. The summed E-state index contributed by atoms with van der Waals surface area (Å²) in [5, 5.41) is 8.28. The van der Waals surface area contributed by atoms with Crippen molar-refractivity contribution in [2.75, 3.05) is 0 Å². The number of aldehydes is 2. The van der Waals surface area contributed by atoms with Gasteiger partial charge in [-0.2, -0.15) is 0 Å². The van der Waals surface area contributed by atoms with E-state index >= 15 is 0 Å². The smallest absolute Gasteiger partial charge is 0.328 e. The summed E-state index contributed by atoms with van der Waals surface area (Å²) < 4.78 is 0. The van der Waals surface area contributed by atoms with Crippen LogP contribution in [-0.2, 0) is 14.4 Å². The molecule has 1 N–H and O–H groups in total. The molecule has 0 radical (unpaired) electrons. The lowest BCUT2D eigenvalue weighted by Crippen LogP contribution is -1.88. The van der Waals surface area contributed by atoms with E-state index in [0.29, 0.717) is 18.1 Å². The van der Waals surface area contributed by atoms with E-state index in [1.807, 2.05) is 0 Å². The fourth-order valence-corrected chi connectivity index (χ4v) is 0.693. The first-order valence-corrected chi connectivity index (χ1v) is 3.68. The first-order chi connectivity index (χ1) is 6.20. The van der Waals surface area contributed by atoms with Crippen molar-refractivity contribution in [3.63, 3.8) is 0 Å². The Morgan fingerprint density at radius 3 is 2.31 bits per heavy atom. The van der Waals surface area contributed by atoms with E-state index in [9.17, 15) is 14.4 Å². The van der Waals surface area contributed by atoms with Crippen LogP contribution in [-0.4, -0.2) is 23.6 Å². The predicted octanol–water partition coefficient (Wildman–Crippen LogP) is 0.732. The highest BCUT2D eigenvalue weighted by atomic mass is 16.4. The largest absolute Gasteiger partial charge is 0.478 e. The van der Waals surface area contributed by atoms with Gasteiger partial charge in [0.2, 0.25) is 0 Å². The topological polar surface area (TPSA) is 71.4 Å². The van der Waals surface area contributed by atoms with Gasteiger partial charge in [-0.3, -0.25) is 0 Å². The summed E-state index contributed by atoms with van der Waals surface area (Å²) in [7, 11) is 0. The van der Waals surface area contributed by atoms with Gasteiger partial charge in [0.05, 0.1) is 0 Å². The Morgan fingerprint density at radius 1 is 1.15 bits per heavy atom. The first-order valence-electron chi connectivity index (χ1n) is 3.68. The van der Waals surface area contributed by atoms with Crippen LogP contribution in [0.5, 0.6) is 0 Å². The molecule has 4 heteroatoms. The molecule has 4 nitrogen and oxygen atoms in total. The fraction of sp³-hybridized carbons (Fsp3) is 0.222. The van der Waals surface area contributed by atoms with E-state index < -0.39 is 5.97 Å². The molecule has 0 fully saturated rings. The molecule has 0 amide bonds. The Labute approximate surface area is 75.6 Å². The monoisotopic (exact) mass is 182 g/mol. The lowest BCUT2D eigenvalue weighted by Gasteiger charge is -1.92. The first kappa shape index (κ1) is 11.3. The Balaban J connectivity index is 4.31. The molecule has 0 spiro atoms. The van der Waals surface area contributed by atoms with E-state index in [2.05, 4.69) is 0 Å². The second kappa shape index (κ2) is 6.97. The molecule has 0 aromatic rings. The number of carboxylic acids is 1. The van der Waals surface area contributed by atoms with E-state index in [-0.39, 0.29) is 12.8 Å². The van der Waals surface area contributed by atoms with Crippen molar-refractivity contribution in [3.8, 4) is 0 Å². The number of aliphatic carboxylic acids is 1. The van der Waals surface area contributed by atoms with Gasteiger partial charge in [-0.25, -0.2) is 4.79 Å². The van der Waals surface area contributed by atoms with Crippen LogP contribution in [0, 0.1) is 0 Å². The molecule has 0 heterocycles. The molecular formula is C9H10O4. The third-order valence-corrected chi connectivity index (χ3v) is 1.24. The van der Waals surface area contributed by atoms with Gasteiger partial charge in [0, 0.05) is 18.9 Å². The highest BCUT2D eigenvalue weighted by Gasteiger charge is 1.92. The Kier molecular flexibility index (Phi) is 6.05. The van der Waals surface area contributed by atoms with Crippen LogP contribution in [0.2, 0.25) is 0 Å². The van der Waals surface area contributed by atoms with Crippen LogP contribution in [0.3, 0.4) is 0 Å². The van der Waals surface area contributed by atoms with Crippen molar-refractivity contribution >= 4 is 18.5 Å². The molecule has 0 aliphatic rings. The maximum absolute atomic E-state index is 10.1. The minimum atomic E-state index is -1.08. The number of carbonyl (C=O) groups excluding carboxylic acids is 2. The lowest BCUT2D eigenvalue weighted by molar-refractivity contribution is -0.131. The van der Waals surface area contributed by atoms with Gasteiger partial charge in [0.15, 0.2) is 0 Å². The number of hydrogen-bond donors (Lipinski definition) is 1. The summed E-state index contributed by atoms with van der Waals surface area (Å²) in [4.78, 5) is 30.2. The number of carbonyl (C=O) groups is 3. The van der Waals surface area contributed by atoms with Crippen molar-refractivity contribution in [1.82, 2.24) is 0 Å². The van der Waals surface area contributed by atoms with Crippen molar-refractivity contribution < 1.29 is 19.5 Å². The Hall–Kier alpha value is -1.71. The number of allylic oxidation sites excluding steroid dienone is 3. The van der Waals surface area contributed by atoms with E-state index in [1.165, 1.54) is 12.2 Å². The molecule has 0 atom stereocenters. The molecule has 13 heavy (non-hydrogen) atoms. The molecule has 0 aromatic heterocycles. The maximum atomic E-state index is 10.1. The maximum Gasteiger partial charge on any atom is 0.328 e. The van der Waals surface area contributed by atoms with Crippen molar-refractivity contribution in [2.24, 2.45) is 0 Å². The summed E-state index contributed by atoms with van der Waals surface area (Å²) >= 11 is 0. The number of rotatable bonds is 6. The van der Waals surface area contributed by atoms with Gasteiger partial charge in [-0.15, -0.1) is 0 Å². The van der Waals surface area contributed by atoms with Crippen molar-refractivity contribution in [2.45, 2.75) is 12.8 Å². The predicted molar refractivity (Wildman–Crippen MR) is 46.2 cm³/mol. The van der Waals surface area contributed by atoms with Crippen LogP contribution in [0.25, 0.3) is 0 Å². The molecule has 0 bridgehead atoms. The molecular weight excluding hydrogens is 172 g/mol. The minimum absolute atomic E-state index is 0.123. The van der Waals surface area contributed by atoms with Crippen LogP contribution in [0.15, 0.2) is 23.8 Å². The average molecular weight is 182 g/mol. The van der Waals surface area contributed by atoms with E-state index in [4.69, 9.17) is 5.11 Å². The van der Waals surface area contributed by atoms with Gasteiger partial charge in [-0.1, -0.05) is 12.2 Å². The molecule has 0 saturated heterocycles. The van der Waals surface area contributed by atoms with Gasteiger partial charge in [-0.05, 0) is 5.57 Å². The molecule has 0 aliphatic carbocycles. The van der Waals surface area contributed by atoms with Gasteiger partial charge >= 0.3 is 5.97 Å². The molecule has 0 aliphatic heterocycles. The molecule has 0 saturated carbocycles. The average Bonchev–Trinajstić information content (AvgIpc) is 2.09. The van der Waals surface area contributed by atoms with Crippen molar-refractivity contribution in [3.05, 3.63) is 23.8 Å². The zero-order chi connectivity index (χ0) is 10.1. The fourth-order valence-electron chi connectivity index (χ4n) is 0.693. The Bertz CT molecular complexity index is 250. The van der Waals surface area contributed by atoms with E-state index in [0.717, 1.165) is 6.08 Å². The zero-order valence-electron chi connectivity index (χ0n) is 6.97. The SMILES string of the molecule is O=CC/C=C(/C=C/C(=O)O)CC=O. The van der Waals surface area contributed by atoms with Crippen molar-refractivity contribution in [1.29, 1.82) is 0 Å². The molecule has 0 aromatic carbocycles. The van der Waals surface area contributed by atoms with Crippen LogP contribution in [0.1, 0.15) is 12.8 Å². The standard InChI is InChI=1S/C9H10O4/c10-6-1-2-8(5-7-11)3-4-9(12)13/h2-4,6-7H,1,5H2,(H,12,13)/b4-3+,8-2-. The van der Waals surface area contributed by atoms with Crippen LogP contribution < -0.4 is 0 Å². The third-order valence-electron chi connectivity index (χ3n) is 1.24. The quantitative estimate of drug-likeness (QED) is 0.373. The Morgan fingerprint density at radius 2 is 1.85 bits per heavy atom.